The van der Waals surface area contributed by atoms with Gasteiger partial charge in [0.25, 0.3) is 0 Å². The third kappa shape index (κ3) is 4.61. The molecule has 0 aromatic rings. The quantitative estimate of drug-likeness (QED) is 0.483. The standard InChI is InChI=1S/C11H20O2/c1-6-7-10(12-4)11(13-5)8-9(2)3/h7-9H,6H2,1-5H3/b10-7+,11-8+. The minimum atomic E-state index is 0.463. The normalized spacial score (nSPS) is 13.4. The SMILES string of the molecule is CC/C=C(OC)\C(=C/C(C)C)OC. The number of ether oxygens (including phenoxy) is 2. The van der Waals surface area contributed by atoms with Crippen LogP contribution >= 0.6 is 0 Å². The van der Waals surface area contributed by atoms with Gasteiger partial charge in [-0.2, -0.15) is 0 Å². The molecule has 0 saturated heterocycles. The van der Waals surface area contributed by atoms with E-state index in [4.69, 9.17) is 9.47 Å². The van der Waals surface area contributed by atoms with Crippen LogP contribution in [0.4, 0.5) is 0 Å². The van der Waals surface area contributed by atoms with Crippen molar-refractivity contribution in [2.24, 2.45) is 5.92 Å². The molecule has 0 radical (unpaired) electrons. The van der Waals surface area contributed by atoms with Gasteiger partial charge < -0.3 is 9.47 Å². The second-order valence-corrected chi connectivity index (χ2v) is 3.16. The second-order valence-electron chi connectivity index (χ2n) is 3.16. The highest BCUT2D eigenvalue weighted by Gasteiger charge is 2.04. The molecule has 0 aromatic heterocycles. The van der Waals surface area contributed by atoms with E-state index >= 15 is 0 Å². The summed E-state index contributed by atoms with van der Waals surface area (Å²) in [5.74, 6) is 2.10. The van der Waals surface area contributed by atoms with Crippen LogP contribution in [-0.4, -0.2) is 14.2 Å². The van der Waals surface area contributed by atoms with Gasteiger partial charge in [0.1, 0.15) is 0 Å². The maximum absolute atomic E-state index is 5.23. The Bertz CT molecular complexity index is 190. The third-order valence-electron chi connectivity index (χ3n) is 1.56. The third-order valence-corrected chi connectivity index (χ3v) is 1.56. The summed E-state index contributed by atoms with van der Waals surface area (Å²) in [5.41, 5.74) is 0. The zero-order valence-electron chi connectivity index (χ0n) is 9.26. The molecule has 0 amide bonds. The molecule has 2 heteroatoms. The minimum Gasteiger partial charge on any atom is -0.493 e. The van der Waals surface area contributed by atoms with Crippen LogP contribution in [0.15, 0.2) is 23.7 Å². The first-order valence-corrected chi connectivity index (χ1v) is 4.66. The molecular formula is C11H20O2. The Morgan fingerprint density at radius 3 is 2.00 bits per heavy atom. The lowest BCUT2D eigenvalue weighted by Gasteiger charge is -2.10. The fourth-order valence-electron chi connectivity index (χ4n) is 1.02. The molecule has 76 valence electrons. The highest BCUT2D eigenvalue weighted by Crippen LogP contribution is 2.14. The average Bonchev–Trinajstić information content (AvgIpc) is 2.10. The maximum Gasteiger partial charge on any atom is 0.156 e. The van der Waals surface area contributed by atoms with Crippen LogP contribution in [0.2, 0.25) is 0 Å². The molecule has 0 aliphatic carbocycles. The first-order chi connectivity index (χ1) is 6.15. The van der Waals surface area contributed by atoms with Gasteiger partial charge in [0.2, 0.25) is 0 Å². The van der Waals surface area contributed by atoms with Crippen LogP contribution < -0.4 is 0 Å². The van der Waals surface area contributed by atoms with E-state index in [1.165, 1.54) is 0 Å². The number of methoxy groups -OCH3 is 2. The van der Waals surface area contributed by atoms with Gasteiger partial charge in [-0.1, -0.05) is 20.8 Å². The van der Waals surface area contributed by atoms with Crippen molar-refractivity contribution in [3.8, 4) is 0 Å². The number of hydrogen-bond donors (Lipinski definition) is 0. The Hall–Kier alpha value is -0.920. The summed E-state index contributed by atoms with van der Waals surface area (Å²) in [6, 6.07) is 0. The summed E-state index contributed by atoms with van der Waals surface area (Å²) in [5, 5.41) is 0. The lowest BCUT2D eigenvalue weighted by atomic mass is 10.2. The Kier molecular flexibility index (Phi) is 6.11. The van der Waals surface area contributed by atoms with Crippen LogP contribution in [0, 0.1) is 5.92 Å². The van der Waals surface area contributed by atoms with Gasteiger partial charge in [-0.05, 0) is 24.5 Å². The van der Waals surface area contributed by atoms with E-state index in [1.54, 1.807) is 14.2 Å². The van der Waals surface area contributed by atoms with E-state index in [2.05, 4.69) is 20.8 Å². The molecule has 0 unspecified atom stereocenters. The topological polar surface area (TPSA) is 18.5 Å². The van der Waals surface area contributed by atoms with Crippen molar-refractivity contribution >= 4 is 0 Å². The molecule has 13 heavy (non-hydrogen) atoms. The van der Waals surface area contributed by atoms with Crippen molar-refractivity contribution in [2.45, 2.75) is 27.2 Å². The number of hydrogen-bond acceptors (Lipinski definition) is 2. The lowest BCUT2D eigenvalue weighted by molar-refractivity contribution is 0.217. The predicted molar refractivity (Wildman–Crippen MR) is 55.3 cm³/mol. The van der Waals surface area contributed by atoms with E-state index in [9.17, 15) is 0 Å². The molecule has 0 aliphatic rings. The highest BCUT2D eigenvalue weighted by molar-refractivity contribution is 5.20. The molecule has 0 aromatic carbocycles. The Balaban J connectivity index is 4.62. The van der Waals surface area contributed by atoms with Crippen molar-refractivity contribution in [1.29, 1.82) is 0 Å². The molecule has 0 rings (SSSR count). The van der Waals surface area contributed by atoms with Crippen molar-refractivity contribution in [2.75, 3.05) is 14.2 Å². The fourth-order valence-corrected chi connectivity index (χ4v) is 1.02. The summed E-state index contributed by atoms with van der Waals surface area (Å²) in [7, 11) is 3.32. The monoisotopic (exact) mass is 184 g/mol. The number of rotatable bonds is 5. The summed E-state index contributed by atoms with van der Waals surface area (Å²) in [6.07, 6.45) is 5.00. The first kappa shape index (κ1) is 12.1. The van der Waals surface area contributed by atoms with Crippen LogP contribution in [0.1, 0.15) is 27.2 Å². The summed E-state index contributed by atoms with van der Waals surface area (Å²) in [6.45, 7) is 6.29. The summed E-state index contributed by atoms with van der Waals surface area (Å²) in [4.78, 5) is 0. The maximum atomic E-state index is 5.23. The molecular weight excluding hydrogens is 164 g/mol. The van der Waals surface area contributed by atoms with Gasteiger partial charge in [0.15, 0.2) is 11.5 Å². The molecule has 0 bridgehead atoms. The highest BCUT2D eigenvalue weighted by atomic mass is 16.5. The molecule has 0 heterocycles. The first-order valence-electron chi connectivity index (χ1n) is 4.66. The van der Waals surface area contributed by atoms with Crippen molar-refractivity contribution in [1.82, 2.24) is 0 Å². The average molecular weight is 184 g/mol. The Morgan fingerprint density at radius 2 is 1.69 bits per heavy atom. The van der Waals surface area contributed by atoms with Crippen molar-refractivity contribution in [3.05, 3.63) is 23.7 Å². The van der Waals surface area contributed by atoms with Gasteiger partial charge in [-0.15, -0.1) is 0 Å². The second kappa shape index (κ2) is 6.58. The molecule has 2 nitrogen and oxygen atoms in total. The van der Waals surface area contributed by atoms with E-state index in [-0.39, 0.29) is 0 Å². The van der Waals surface area contributed by atoms with E-state index in [0.29, 0.717) is 5.92 Å². The molecule has 0 N–H and O–H groups in total. The van der Waals surface area contributed by atoms with E-state index in [1.807, 2.05) is 12.2 Å². The van der Waals surface area contributed by atoms with Gasteiger partial charge in [0, 0.05) is 0 Å². The van der Waals surface area contributed by atoms with Crippen LogP contribution in [0.25, 0.3) is 0 Å². The zero-order chi connectivity index (χ0) is 10.3. The van der Waals surface area contributed by atoms with Crippen LogP contribution in [0.5, 0.6) is 0 Å². The van der Waals surface area contributed by atoms with Gasteiger partial charge in [0.05, 0.1) is 14.2 Å². The molecule has 0 saturated carbocycles. The van der Waals surface area contributed by atoms with Crippen LogP contribution in [0.3, 0.4) is 0 Å². The zero-order valence-corrected chi connectivity index (χ0v) is 9.26. The van der Waals surface area contributed by atoms with Crippen molar-refractivity contribution < 1.29 is 9.47 Å². The Morgan fingerprint density at radius 1 is 1.15 bits per heavy atom. The summed E-state index contributed by atoms with van der Waals surface area (Å²) >= 11 is 0. The molecule has 0 spiro atoms. The van der Waals surface area contributed by atoms with Gasteiger partial charge in [-0.3, -0.25) is 0 Å². The predicted octanol–water partition coefficient (Wildman–Crippen LogP) is 3.11. The number of allylic oxidation sites excluding steroid dienone is 2. The largest absolute Gasteiger partial charge is 0.493 e. The molecule has 0 atom stereocenters. The van der Waals surface area contributed by atoms with Crippen LogP contribution in [-0.2, 0) is 9.47 Å². The Labute approximate surface area is 81.2 Å². The molecule has 0 aliphatic heterocycles. The van der Waals surface area contributed by atoms with Gasteiger partial charge in [-0.25, -0.2) is 0 Å². The fraction of sp³-hybridized carbons (Fsp3) is 0.636. The van der Waals surface area contributed by atoms with E-state index in [0.717, 1.165) is 17.9 Å². The minimum absolute atomic E-state index is 0.463. The molecule has 0 fully saturated rings. The smallest absolute Gasteiger partial charge is 0.156 e. The summed E-state index contributed by atoms with van der Waals surface area (Å²) < 4.78 is 10.4. The lowest BCUT2D eigenvalue weighted by Crippen LogP contribution is -1.97. The van der Waals surface area contributed by atoms with Gasteiger partial charge >= 0.3 is 0 Å². The van der Waals surface area contributed by atoms with E-state index < -0.39 is 0 Å². The van der Waals surface area contributed by atoms with Crippen molar-refractivity contribution in [3.63, 3.8) is 0 Å².